The number of phosphoric acid groups is 1. The van der Waals surface area contributed by atoms with E-state index in [0.717, 1.165) is 67.2 Å². The molecular weight excluding hydrogens is 1070 g/mol. The van der Waals surface area contributed by atoms with E-state index in [1.165, 1.54) is 0 Å². The van der Waals surface area contributed by atoms with Crippen molar-refractivity contribution in [3.05, 3.63) is 0 Å². The van der Waals surface area contributed by atoms with Crippen LogP contribution in [0, 0.1) is 5.92 Å². The molecule has 436 valence electrons. The third-order valence-electron chi connectivity index (χ3n) is 13.2. The molecule has 0 bridgehead atoms. The molecule has 21 atom stereocenters. The van der Waals surface area contributed by atoms with E-state index in [-0.39, 0.29) is 48.1 Å². The number of esters is 2. The van der Waals surface area contributed by atoms with Crippen molar-refractivity contribution in [1.82, 2.24) is 21.3 Å². The Morgan fingerprint density at radius 1 is 0.532 bits per heavy atom. The van der Waals surface area contributed by atoms with E-state index in [0.29, 0.717) is 6.42 Å². The average molecular weight is 1140 g/mol. The molecule has 31 nitrogen and oxygen atoms in total. The molecule has 5 rings (SSSR count). The Morgan fingerprint density at radius 2 is 0.922 bits per heavy atom. The van der Waals surface area contributed by atoms with Crippen LogP contribution in [0.2, 0.25) is 0 Å². The minimum absolute atomic E-state index is 0. The van der Waals surface area contributed by atoms with Crippen LogP contribution in [0.4, 0.5) is 0 Å². The first kappa shape index (κ1) is 66.8. The molecule has 0 spiro atoms. The van der Waals surface area contributed by atoms with Gasteiger partial charge in [0.05, 0.1) is 33.0 Å². The standard InChI is InChI=1S/C44H74N5O26P.Na/c1-17(54)46-29-35(62)33(60)25(13-50)68-42(29)72-37-28(16-53)71-44(32(49-20(4)57)40(37)67-22(6)59)75-76(63,64)74-38-30(47-18(2)55)43(69-26(14-51)34(38)61)73-36-27(15-52)70-41(31(48-19(3)56)39(36)66-21(5)58)65-12-11-23-7-9-24(45)10-8-23;/h23-44,50-53,60-62H,7-16,45H2,1-6H3,(H,46,54)(H,47,55)(H,48,56)(H,49,57)(H,63,64);/q;+1/p-1/t23?,24?,25-,26-,27-,28-,29-,30-,31-,32-,33+,34+,35-,36+,37+,38-,39-,40-,41+,42+,43+,44-;/m1./s1. The van der Waals surface area contributed by atoms with Crippen LogP contribution in [0.1, 0.15) is 73.6 Å². The summed E-state index contributed by atoms with van der Waals surface area (Å²) in [4.78, 5) is 90.1. The summed E-state index contributed by atoms with van der Waals surface area (Å²) in [5.74, 6) is -4.97. The molecule has 1 aliphatic carbocycles. The monoisotopic (exact) mass is 1140 g/mol. The van der Waals surface area contributed by atoms with Crippen molar-refractivity contribution in [1.29, 1.82) is 0 Å². The Morgan fingerprint density at radius 3 is 1.36 bits per heavy atom. The fourth-order valence-electron chi connectivity index (χ4n) is 9.82. The van der Waals surface area contributed by atoms with Gasteiger partial charge in [0.25, 0.3) is 7.82 Å². The Hall–Kier alpha value is -2.67. The summed E-state index contributed by atoms with van der Waals surface area (Å²) in [6.45, 7) is 2.26. The van der Waals surface area contributed by atoms with Crippen LogP contribution in [0.15, 0.2) is 0 Å². The largest absolute Gasteiger partial charge is 1.00 e. The fraction of sp³-hybridized carbons (Fsp3) is 0.864. The normalized spacial score (nSPS) is 39.1. The van der Waals surface area contributed by atoms with Crippen LogP contribution < -0.4 is 61.5 Å². The van der Waals surface area contributed by atoms with Crippen LogP contribution in [-0.2, 0) is 85.0 Å². The maximum Gasteiger partial charge on any atom is 1.00 e. The molecule has 1 saturated carbocycles. The Labute approximate surface area is 464 Å². The Balaban J connectivity index is 0.0000128. The summed E-state index contributed by atoms with van der Waals surface area (Å²) in [5.41, 5.74) is 6.06. The summed E-state index contributed by atoms with van der Waals surface area (Å²) < 4.78 is 78.1. The van der Waals surface area contributed by atoms with Crippen LogP contribution in [0.3, 0.4) is 0 Å². The summed E-state index contributed by atoms with van der Waals surface area (Å²) in [5, 5.41) is 84.3. The number of rotatable bonds is 22. The second kappa shape index (κ2) is 30.4. The van der Waals surface area contributed by atoms with Crippen molar-refractivity contribution in [2.45, 2.75) is 202 Å². The van der Waals surface area contributed by atoms with Gasteiger partial charge in [0, 0.05) is 47.6 Å². The zero-order valence-electron chi connectivity index (χ0n) is 43.7. The van der Waals surface area contributed by atoms with Gasteiger partial charge in [-0.1, -0.05) is 0 Å². The minimum Gasteiger partial charge on any atom is -0.756 e. The van der Waals surface area contributed by atoms with Crippen LogP contribution in [-0.4, -0.2) is 233 Å². The number of nitrogens with one attached hydrogen (secondary N) is 4. The Bertz CT molecular complexity index is 2020. The quantitative estimate of drug-likeness (QED) is 0.0272. The Kier molecular flexibility index (Phi) is 26.4. The summed E-state index contributed by atoms with van der Waals surface area (Å²) in [6, 6.07) is -6.73. The molecule has 13 N–H and O–H groups in total. The van der Waals surface area contributed by atoms with Crippen molar-refractivity contribution in [2.75, 3.05) is 33.0 Å². The molecule has 33 heteroatoms. The first-order valence-electron chi connectivity index (χ1n) is 24.7. The molecule has 0 aromatic heterocycles. The van der Waals surface area contributed by atoms with Crippen molar-refractivity contribution in [2.24, 2.45) is 11.7 Å². The fourth-order valence-corrected chi connectivity index (χ4v) is 10.9. The third-order valence-corrected chi connectivity index (χ3v) is 14.2. The van der Waals surface area contributed by atoms with Gasteiger partial charge in [-0.2, -0.15) is 0 Å². The predicted molar refractivity (Wildman–Crippen MR) is 246 cm³/mol. The molecule has 0 aromatic carbocycles. The first-order valence-corrected chi connectivity index (χ1v) is 26.2. The zero-order chi connectivity index (χ0) is 56.3. The molecule has 5 aliphatic rings. The molecule has 0 aromatic rings. The number of amides is 4. The number of aliphatic hydroxyl groups excluding tert-OH is 7. The van der Waals surface area contributed by atoms with Crippen LogP contribution in [0.25, 0.3) is 0 Å². The van der Waals surface area contributed by atoms with E-state index in [9.17, 15) is 74.0 Å². The van der Waals surface area contributed by atoms with Crippen molar-refractivity contribution >= 4 is 43.4 Å². The molecule has 5 fully saturated rings. The van der Waals surface area contributed by atoms with Gasteiger partial charge >= 0.3 is 41.5 Å². The second-order valence-corrected chi connectivity index (χ2v) is 20.5. The number of nitrogens with two attached hydrogens (primary N) is 1. The molecule has 4 amide bonds. The molecule has 77 heavy (non-hydrogen) atoms. The summed E-state index contributed by atoms with van der Waals surface area (Å²) >= 11 is 0. The van der Waals surface area contributed by atoms with Crippen molar-refractivity contribution < 1.29 is 155 Å². The van der Waals surface area contributed by atoms with E-state index in [4.69, 9.17) is 57.4 Å². The summed E-state index contributed by atoms with van der Waals surface area (Å²) in [7, 11) is -6.11. The number of aliphatic hydroxyl groups is 7. The van der Waals surface area contributed by atoms with Gasteiger partial charge in [-0.25, -0.2) is 0 Å². The van der Waals surface area contributed by atoms with E-state index in [1.54, 1.807) is 0 Å². The van der Waals surface area contributed by atoms with Crippen molar-refractivity contribution in [3.63, 3.8) is 0 Å². The van der Waals surface area contributed by atoms with E-state index >= 15 is 0 Å². The number of carbonyl (C=O) groups excluding carboxylic acids is 6. The molecule has 4 saturated heterocycles. The molecular formula is C44H73N5NaO26P. The molecule has 4 aliphatic heterocycles. The first-order chi connectivity index (χ1) is 35.8. The predicted octanol–water partition coefficient (Wildman–Crippen LogP) is -9.61. The zero-order valence-corrected chi connectivity index (χ0v) is 46.6. The van der Waals surface area contributed by atoms with E-state index in [2.05, 4.69) is 21.3 Å². The maximum absolute atomic E-state index is 14.2. The average Bonchev–Trinajstić information content (AvgIpc) is 3.33. The van der Waals surface area contributed by atoms with E-state index < -0.39 is 192 Å². The molecule has 1 unspecified atom stereocenters. The van der Waals surface area contributed by atoms with Gasteiger partial charge in [0.15, 0.2) is 37.4 Å². The summed E-state index contributed by atoms with van der Waals surface area (Å²) in [6.07, 6.45) is -25.3. The van der Waals surface area contributed by atoms with Crippen LogP contribution >= 0.6 is 7.82 Å². The second-order valence-electron chi connectivity index (χ2n) is 19.2. The van der Waals surface area contributed by atoms with Crippen molar-refractivity contribution in [3.8, 4) is 0 Å². The van der Waals surface area contributed by atoms with Gasteiger partial charge in [0.2, 0.25) is 23.6 Å². The van der Waals surface area contributed by atoms with Crippen LogP contribution in [0.5, 0.6) is 0 Å². The minimum atomic E-state index is -6.11. The number of carbonyl (C=O) groups is 6. The molecule has 0 radical (unpaired) electrons. The van der Waals surface area contributed by atoms with E-state index in [1.807, 2.05) is 0 Å². The topological polar surface area (TPSA) is 460 Å². The number of phosphoric ester groups is 1. The smallest absolute Gasteiger partial charge is 0.756 e. The maximum atomic E-state index is 14.2. The molecule has 4 heterocycles. The van der Waals surface area contributed by atoms with Gasteiger partial charge < -0.3 is 115 Å². The van der Waals surface area contributed by atoms with Gasteiger partial charge in [0.1, 0.15) is 85.2 Å². The SMILES string of the molecule is CC(=O)N[C@H]1[C@H](O[C@@H]2[C@H](OC(C)=O)[C@@H](NC(C)=O)[C@@H](OP(=O)([O-])O[C@H]3[C@@H](O)[C@@H](CO)O[C@@H](O[C@@H]4[C@H](OC(C)=O)[C@@H](NC(C)=O)[C@@H](OCCC5CCC(N)CC5)O[C@@H]4CO)[C@@H]3NC(C)=O)O[C@@H]2CO)O[C@H](CO)[C@H](O)[C@@H]1O.[Na+]. The number of hydrogen-bond donors (Lipinski definition) is 12. The number of ether oxygens (including phenoxy) is 9. The number of hydrogen-bond acceptors (Lipinski definition) is 27. The third kappa shape index (κ3) is 18.2. The van der Waals surface area contributed by atoms with Gasteiger partial charge in [-0.3, -0.25) is 37.9 Å². The van der Waals surface area contributed by atoms with Gasteiger partial charge in [-0.15, -0.1) is 0 Å². The van der Waals surface area contributed by atoms with Gasteiger partial charge in [-0.05, 0) is 38.0 Å².